The van der Waals surface area contributed by atoms with E-state index in [1.165, 1.54) is 14.0 Å². The average Bonchev–Trinajstić information content (AvgIpc) is 2.24. The van der Waals surface area contributed by atoms with Crippen LogP contribution < -0.4 is 9.44 Å². The van der Waals surface area contributed by atoms with Crippen molar-refractivity contribution in [2.24, 2.45) is 0 Å². The molecule has 8 nitrogen and oxygen atoms in total. The van der Waals surface area contributed by atoms with E-state index in [1.54, 1.807) is 11.6 Å². The largest absolute Gasteiger partial charge is 0.449 e. The predicted octanol–water partition coefficient (Wildman–Crippen LogP) is -0.646. The average molecular weight is 284 g/mol. The summed E-state index contributed by atoms with van der Waals surface area (Å²) in [5.41, 5.74) is -1.26. The monoisotopic (exact) mass is 284 g/mol. The van der Waals surface area contributed by atoms with Crippen molar-refractivity contribution in [2.75, 3.05) is 26.9 Å². The van der Waals surface area contributed by atoms with Gasteiger partial charge < -0.3 is 14.6 Å². The van der Waals surface area contributed by atoms with Crippen molar-refractivity contribution in [3.8, 4) is 0 Å². The van der Waals surface area contributed by atoms with Gasteiger partial charge in [0.1, 0.15) is 0 Å². The number of hydrogen-bond acceptors (Lipinski definition) is 6. The highest BCUT2D eigenvalue weighted by Gasteiger charge is 2.24. The van der Waals surface area contributed by atoms with E-state index in [9.17, 15) is 18.3 Å². The fourth-order valence-electron chi connectivity index (χ4n) is 0.967. The Labute approximate surface area is 107 Å². The highest BCUT2D eigenvalue weighted by atomic mass is 32.2. The van der Waals surface area contributed by atoms with Gasteiger partial charge in [-0.15, -0.1) is 0 Å². The number of methoxy groups -OCH3 is 1. The third kappa shape index (κ3) is 8.23. The summed E-state index contributed by atoms with van der Waals surface area (Å²) < 4.78 is 35.6. The molecule has 3 N–H and O–H groups in total. The van der Waals surface area contributed by atoms with Gasteiger partial charge in [-0.2, -0.15) is 13.1 Å². The van der Waals surface area contributed by atoms with E-state index < -0.39 is 21.9 Å². The third-order valence-electron chi connectivity index (χ3n) is 1.98. The van der Waals surface area contributed by atoms with Crippen LogP contribution in [-0.2, 0) is 19.7 Å². The van der Waals surface area contributed by atoms with E-state index in [0.29, 0.717) is 6.61 Å². The molecule has 0 spiro atoms. The third-order valence-corrected chi connectivity index (χ3v) is 2.94. The summed E-state index contributed by atoms with van der Waals surface area (Å²) in [5, 5.41) is 9.80. The van der Waals surface area contributed by atoms with Gasteiger partial charge in [-0.05, 0) is 13.8 Å². The molecule has 1 atom stereocenters. The minimum Gasteiger partial charge on any atom is -0.449 e. The van der Waals surface area contributed by atoms with Crippen LogP contribution in [0.25, 0.3) is 0 Å². The van der Waals surface area contributed by atoms with E-state index in [2.05, 4.69) is 9.46 Å². The topological polar surface area (TPSA) is 114 Å². The van der Waals surface area contributed by atoms with Crippen LogP contribution in [0.1, 0.15) is 20.3 Å². The molecule has 0 radical (unpaired) electrons. The smallest absolute Gasteiger partial charge is 0.421 e. The summed E-state index contributed by atoms with van der Waals surface area (Å²) in [7, 11) is -2.56. The van der Waals surface area contributed by atoms with Crippen LogP contribution in [0.4, 0.5) is 4.79 Å². The Bertz CT molecular complexity index is 354. The number of carbonyl (C=O) groups is 1. The van der Waals surface area contributed by atoms with Gasteiger partial charge in [-0.25, -0.2) is 9.52 Å². The number of amides is 1. The van der Waals surface area contributed by atoms with Gasteiger partial charge >= 0.3 is 16.3 Å². The maximum atomic E-state index is 11.4. The first-order valence-electron chi connectivity index (χ1n) is 5.38. The highest BCUT2D eigenvalue weighted by molar-refractivity contribution is 7.88. The molecule has 9 heteroatoms. The van der Waals surface area contributed by atoms with Gasteiger partial charge in [0.25, 0.3) is 0 Å². The number of nitrogens with one attached hydrogen (secondary N) is 2. The quantitative estimate of drug-likeness (QED) is 0.546. The van der Waals surface area contributed by atoms with Crippen molar-refractivity contribution in [3.63, 3.8) is 0 Å². The van der Waals surface area contributed by atoms with Crippen LogP contribution >= 0.6 is 0 Å². The molecule has 0 aliphatic carbocycles. The lowest BCUT2D eigenvalue weighted by atomic mass is 10.0. The molecule has 108 valence electrons. The predicted molar refractivity (Wildman–Crippen MR) is 64.2 cm³/mol. The fourth-order valence-corrected chi connectivity index (χ4v) is 1.82. The lowest BCUT2D eigenvalue weighted by Crippen LogP contribution is -2.47. The van der Waals surface area contributed by atoms with Crippen molar-refractivity contribution in [3.05, 3.63) is 0 Å². The second-order valence-electron chi connectivity index (χ2n) is 3.89. The molecule has 1 amide bonds. The molecule has 0 heterocycles. The van der Waals surface area contributed by atoms with Gasteiger partial charge in [0.15, 0.2) is 0 Å². The van der Waals surface area contributed by atoms with Crippen molar-refractivity contribution in [1.82, 2.24) is 9.44 Å². The molecule has 0 rings (SSSR count). The summed E-state index contributed by atoms with van der Waals surface area (Å²) >= 11 is 0. The summed E-state index contributed by atoms with van der Waals surface area (Å²) in [6, 6.07) is 0. The molecule has 0 bridgehead atoms. The Morgan fingerprint density at radius 1 is 1.44 bits per heavy atom. The van der Waals surface area contributed by atoms with Gasteiger partial charge in [0.2, 0.25) is 0 Å². The molecule has 0 aliphatic heterocycles. The Morgan fingerprint density at radius 2 is 2.06 bits per heavy atom. The van der Waals surface area contributed by atoms with E-state index in [1.807, 2.05) is 0 Å². The molecule has 0 saturated heterocycles. The molecular formula is C9H20N2O6S. The second-order valence-corrected chi connectivity index (χ2v) is 5.39. The minimum absolute atomic E-state index is 0.0624. The van der Waals surface area contributed by atoms with E-state index in [-0.39, 0.29) is 19.6 Å². The standard InChI is InChI=1S/C9H20N2O6S/c1-4-17-8(12)11-18(14,15)10-7-9(2,13)5-6-16-3/h10,13H,4-7H2,1-3H3,(H,11,12). The Kier molecular flexibility index (Phi) is 7.14. The van der Waals surface area contributed by atoms with Crippen molar-refractivity contribution in [1.29, 1.82) is 0 Å². The molecule has 18 heavy (non-hydrogen) atoms. The van der Waals surface area contributed by atoms with Crippen LogP contribution in [0.15, 0.2) is 0 Å². The zero-order chi connectivity index (χ0) is 14.2. The van der Waals surface area contributed by atoms with Gasteiger partial charge in [0.05, 0.1) is 12.2 Å². The number of carbonyl (C=O) groups excluding carboxylic acids is 1. The van der Waals surface area contributed by atoms with Crippen molar-refractivity contribution >= 4 is 16.3 Å². The first-order chi connectivity index (χ1) is 8.22. The lowest BCUT2D eigenvalue weighted by Gasteiger charge is -2.23. The fraction of sp³-hybridized carbons (Fsp3) is 0.889. The summed E-state index contributed by atoms with van der Waals surface area (Å²) in [5.74, 6) is 0. The molecular weight excluding hydrogens is 264 g/mol. The van der Waals surface area contributed by atoms with E-state index in [0.717, 1.165) is 0 Å². The molecule has 0 aromatic carbocycles. The number of hydrogen-bond donors (Lipinski definition) is 3. The van der Waals surface area contributed by atoms with E-state index in [4.69, 9.17) is 4.74 Å². The lowest BCUT2D eigenvalue weighted by molar-refractivity contribution is 0.0291. The van der Waals surface area contributed by atoms with Crippen molar-refractivity contribution < 1.29 is 27.8 Å². The Balaban J connectivity index is 4.21. The highest BCUT2D eigenvalue weighted by Crippen LogP contribution is 2.07. The SMILES string of the molecule is CCOC(=O)NS(=O)(=O)NCC(C)(O)CCOC. The molecule has 0 fully saturated rings. The number of aliphatic hydroxyl groups is 1. The Hall–Kier alpha value is -0.900. The van der Waals surface area contributed by atoms with Crippen LogP contribution in [-0.4, -0.2) is 52.1 Å². The van der Waals surface area contributed by atoms with Crippen LogP contribution in [0.5, 0.6) is 0 Å². The maximum Gasteiger partial charge on any atom is 0.421 e. The zero-order valence-electron chi connectivity index (χ0n) is 10.7. The molecule has 0 saturated carbocycles. The second kappa shape index (κ2) is 7.52. The summed E-state index contributed by atoms with van der Waals surface area (Å²) in [4.78, 5) is 10.9. The van der Waals surface area contributed by atoms with Crippen LogP contribution in [0.3, 0.4) is 0 Å². The summed E-state index contributed by atoms with van der Waals surface area (Å²) in [6.07, 6.45) is -0.813. The molecule has 0 aromatic heterocycles. The van der Waals surface area contributed by atoms with Gasteiger partial charge in [-0.1, -0.05) is 0 Å². The van der Waals surface area contributed by atoms with Gasteiger partial charge in [0, 0.05) is 26.7 Å². The Morgan fingerprint density at radius 3 is 2.56 bits per heavy atom. The van der Waals surface area contributed by atoms with Gasteiger partial charge in [-0.3, -0.25) is 0 Å². The van der Waals surface area contributed by atoms with Crippen molar-refractivity contribution in [2.45, 2.75) is 25.9 Å². The number of rotatable bonds is 8. The molecule has 0 aliphatic rings. The number of ether oxygens (including phenoxy) is 2. The molecule has 0 aromatic rings. The normalized spacial score (nSPS) is 14.9. The maximum absolute atomic E-state index is 11.4. The minimum atomic E-state index is -4.04. The first-order valence-corrected chi connectivity index (χ1v) is 6.86. The van der Waals surface area contributed by atoms with Crippen LogP contribution in [0, 0.1) is 0 Å². The summed E-state index contributed by atoms with van der Waals surface area (Å²) in [6.45, 7) is 3.12. The molecule has 1 unspecified atom stereocenters. The zero-order valence-corrected chi connectivity index (χ0v) is 11.5. The van der Waals surface area contributed by atoms with Crippen LogP contribution in [0.2, 0.25) is 0 Å². The van der Waals surface area contributed by atoms with E-state index >= 15 is 0 Å². The first kappa shape index (κ1) is 17.1.